The largest absolute Gasteiger partial charge is 0.494 e. The van der Waals surface area contributed by atoms with Gasteiger partial charge in [-0.25, -0.2) is 4.79 Å². The van der Waals surface area contributed by atoms with Crippen molar-refractivity contribution in [3.05, 3.63) is 53.6 Å². The van der Waals surface area contributed by atoms with Gasteiger partial charge in [0.05, 0.1) is 18.2 Å². The van der Waals surface area contributed by atoms with Gasteiger partial charge in [-0.2, -0.15) is 0 Å². The summed E-state index contributed by atoms with van der Waals surface area (Å²) in [6, 6.07) is 11.8. The molecule has 0 saturated carbocycles. The molecule has 0 saturated heterocycles. The lowest BCUT2D eigenvalue weighted by Crippen LogP contribution is -2.31. The van der Waals surface area contributed by atoms with Gasteiger partial charge in [-0.3, -0.25) is 4.79 Å². The van der Waals surface area contributed by atoms with Crippen LogP contribution in [0.5, 0.6) is 17.2 Å². The third-order valence-electron chi connectivity index (χ3n) is 4.17. The molecular formula is C21H23NO6. The van der Waals surface area contributed by atoms with Crippen molar-refractivity contribution in [3.8, 4) is 17.2 Å². The molecule has 0 radical (unpaired) electrons. The van der Waals surface area contributed by atoms with E-state index < -0.39 is 5.97 Å². The van der Waals surface area contributed by atoms with E-state index in [1.165, 1.54) is 0 Å². The van der Waals surface area contributed by atoms with Crippen LogP contribution in [0.1, 0.15) is 42.2 Å². The normalized spacial score (nSPS) is 12.9. The van der Waals surface area contributed by atoms with E-state index in [2.05, 4.69) is 5.32 Å². The van der Waals surface area contributed by atoms with Gasteiger partial charge in [0.15, 0.2) is 18.1 Å². The number of hydrogen-bond donors (Lipinski definition) is 1. The van der Waals surface area contributed by atoms with Gasteiger partial charge in [0.1, 0.15) is 5.75 Å². The van der Waals surface area contributed by atoms with Crippen LogP contribution in [0.2, 0.25) is 0 Å². The lowest BCUT2D eigenvalue weighted by atomic mass is 10.1. The van der Waals surface area contributed by atoms with Gasteiger partial charge in [-0.05, 0) is 55.3 Å². The SMILES string of the molecule is CCCOc1ccc(C(=O)OCC(=O)N[C@H](C)c2ccc3c(c2)OCO3)cc1. The van der Waals surface area contributed by atoms with Crippen molar-refractivity contribution in [2.45, 2.75) is 26.3 Å². The average Bonchev–Trinajstić information content (AvgIpc) is 3.18. The summed E-state index contributed by atoms with van der Waals surface area (Å²) in [5, 5.41) is 2.79. The number of carbonyl (C=O) groups excluding carboxylic acids is 2. The predicted molar refractivity (Wildman–Crippen MR) is 102 cm³/mol. The molecule has 1 amide bonds. The minimum atomic E-state index is -0.562. The Morgan fingerprint density at radius 2 is 1.86 bits per heavy atom. The standard InChI is InChI=1S/C21H23NO6/c1-3-10-25-17-7-4-15(5-8-17)21(24)26-12-20(23)22-14(2)16-6-9-18-19(11-16)28-13-27-18/h4-9,11,14H,3,10,12-13H2,1-2H3,(H,22,23)/t14-/m1/s1. The molecule has 3 rings (SSSR count). The van der Waals surface area contributed by atoms with Crippen LogP contribution >= 0.6 is 0 Å². The van der Waals surface area contributed by atoms with Crippen molar-refractivity contribution in [1.29, 1.82) is 0 Å². The molecule has 7 heteroatoms. The van der Waals surface area contributed by atoms with Gasteiger partial charge in [0.2, 0.25) is 6.79 Å². The molecule has 0 spiro atoms. The zero-order valence-corrected chi connectivity index (χ0v) is 15.9. The number of esters is 1. The third kappa shape index (κ3) is 4.94. The number of amides is 1. The van der Waals surface area contributed by atoms with Crippen LogP contribution < -0.4 is 19.5 Å². The van der Waals surface area contributed by atoms with Crippen molar-refractivity contribution in [2.75, 3.05) is 20.0 Å². The van der Waals surface area contributed by atoms with Crippen molar-refractivity contribution < 1.29 is 28.5 Å². The Balaban J connectivity index is 1.47. The molecule has 0 bridgehead atoms. The van der Waals surface area contributed by atoms with Crippen LogP contribution in [0.15, 0.2) is 42.5 Å². The van der Waals surface area contributed by atoms with Gasteiger partial charge in [-0.15, -0.1) is 0 Å². The van der Waals surface area contributed by atoms with Crippen LogP contribution in [0.3, 0.4) is 0 Å². The Hall–Kier alpha value is -3.22. The second kappa shape index (κ2) is 9.12. The third-order valence-corrected chi connectivity index (χ3v) is 4.17. The highest BCUT2D eigenvalue weighted by atomic mass is 16.7. The molecule has 2 aromatic rings. The predicted octanol–water partition coefficient (Wildman–Crippen LogP) is 3.24. The summed E-state index contributed by atoms with van der Waals surface area (Å²) in [5.41, 5.74) is 1.23. The van der Waals surface area contributed by atoms with E-state index in [0.29, 0.717) is 29.4 Å². The summed E-state index contributed by atoms with van der Waals surface area (Å²) in [5.74, 6) is 1.07. The summed E-state index contributed by atoms with van der Waals surface area (Å²) < 4.78 is 21.2. The summed E-state index contributed by atoms with van der Waals surface area (Å²) in [6.45, 7) is 4.31. The average molecular weight is 385 g/mol. The second-order valence-electron chi connectivity index (χ2n) is 6.35. The van der Waals surface area contributed by atoms with E-state index in [4.69, 9.17) is 18.9 Å². The van der Waals surface area contributed by atoms with E-state index >= 15 is 0 Å². The lowest BCUT2D eigenvalue weighted by molar-refractivity contribution is -0.124. The van der Waals surface area contributed by atoms with Crippen LogP contribution in [-0.4, -0.2) is 31.9 Å². The fourth-order valence-electron chi connectivity index (χ4n) is 2.67. The number of ether oxygens (including phenoxy) is 4. The zero-order valence-electron chi connectivity index (χ0n) is 15.9. The van der Waals surface area contributed by atoms with Gasteiger partial charge in [0, 0.05) is 0 Å². The van der Waals surface area contributed by atoms with E-state index in [1.54, 1.807) is 30.3 Å². The molecule has 1 heterocycles. The number of rotatable bonds is 8. The van der Waals surface area contributed by atoms with Gasteiger partial charge in [-0.1, -0.05) is 13.0 Å². The monoisotopic (exact) mass is 385 g/mol. The molecule has 0 aliphatic carbocycles. The number of benzene rings is 2. The molecule has 1 aliphatic rings. The lowest BCUT2D eigenvalue weighted by Gasteiger charge is -2.15. The molecule has 0 aromatic heterocycles. The number of hydrogen-bond acceptors (Lipinski definition) is 6. The first-order valence-electron chi connectivity index (χ1n) is 9.15. The Kier molecular flexibility index (Phi) is 6.37. The minimum Gasteiger partial charge on any atom is -0.494 e. The zero-order chi connectivity index (χ0) is 19.9. The van der Waals surface area contributed by atoms with E-state index in [9.17, 15) is 9.59 Å². The molecule has 0 fully saturated rings. The van der Waals surface area contributed by atoms with Gasteiger partial charge >= 0.3 is 5.97 Å². The molecule has 7 nitrogen and oxygen atoms in total. The maximum Gasteiger partial charge on any atom is 0.338 e. The molecule has 148 valence electrons. The fraction of sp³-hybridized carbons (Fsp3) is 0.333. The van der Waals surface area contributed by atoms with Crippen LogP contribution in [0.4, 0.5) is 0 Å². The summed E-state index contributed by atoms with van der Waals surface area (Å²) in [4.78, 5) is 24.2. The second-order valence-corrected chi connectivity index (χ2v) is 6.35. The maximum absolute atomic E-state index is 12.1. The van der Waals surface area contributed by atoms with Crippen LogP contribution in [-0.2, 0) is 9.53 Å². The molecule has 1 N–H and O–H groups in total. The highest BCUT2D eigenvalue weighted by molar-refractivity contribution is 5.91. The molecule has 1 aliphatic heterocycles. The Morgan fingerprint density at radius 1 is 1.11 bits per heavy atom. The first-order valence-corrected chi connectivity index (χ1v) is 9.15. The van der Waals surface area contributed by atoms with Crippen LogP contribution in [0.25, 0.3) is 0 Å². The summed E-state index contributed by atoms with van der Waals surface area (Å²) in [7, 11) is 0. The van der Waals surface area contributed by atoms with Crippen molar-refractivity contribution >= 4 is 11.9 Å². The van der Waals surface area contributed by atoms with E-state index in [1.807, 2.05) is 26.0 Å². The van der Waals surface area contributed by atoms with E-state index in [-0.39, 0.29) is 25.3 Å². The van der Waals surface area contributed by atoms with Crippen molar-refractivity contribution in [1.82, 2.24) is 5.32 Å². The quantitative estimate of drug-likeness (QED) is 0.703. The van der Waals surface area contributed by atoms with Crippen molar-refractivity contribution in [3.63, 3.8) is 0 Å². The molecule has 1 atom stereocenters. The van der Waals surface area contributed by atoms with Crippen LogP contribution in [0, 0.1) is 0 Å². The molecular weight excluding hydrogens is 362 g/mol. The smallest absolute Gasteiger partial charge is 0.338 e. The topological polar surface area (TPSA) is 83.1 Å². The Morgan fingerprint density at radius 3 is 2.61 bits per heavy atom. The Bertz CT molecular complexity index is 833. The van der Waals surface area contributed by atoms with E-state index in [0.717, 1.165) is 12.0 Å². The fourth-order valence-corrected chi connectivity index (χ4v) is 2.67. The number of fused-ring (bicyclic) bond motifs is 1. The minimum absolute atomic E-state index is 0.196. The first kappa shape index (κ1) is 19.5. The molecule has 2 aromatic carbocycles. The highest BCUT2D eigenvalue weighted by Crippen LogP contribution is 2.34. The number of carbonyl (C=O) groups is 2. The first-order chi connectivity index (χ1) is 13.6. The van der Waals surface area contributed by atoms with Gasteiger partial charge < -0.3 is 24.3 Å². The summed E-state index contributed by atoms with van der Waals surface area (Å²) in [6.07, 6.45) is 0.906. The number of nitrogens with one attached hydrogen (secondary N) is 1. The Labute approximate surface area is 163 Å². The van der Waals surface area contributed by atoms with Gasteiger partial charge in [0.25, 0.3) is 5.91 Å². The molecule has 0 unspecified atom stereocenters. The highest BCUT2D eigenvalue weighted by Gasteiger charge is 2.17. The molecule has 28 heavy (non-hydrogen) atoms. The maximum atomic E-state index is 12.1. The van der Waals surface area contributed by atoms with Crippen molar-refractivity contribution in [2.24, 2.45) is 0 Å². The summed E-state index contributed by atoms with van der Waals surface area (Å²) >= 11 is 0.